The van der Waals surface area contributed by atoms with Gasteiger partial charge in [0.2, 0.25) is 0 Å². The molecule has 158 valence electrons. The first-order valence-corrected chi connectivity index (χ1v) is 11.3. The largest absolute Gasteiger partial charge is 0.481 e. The molecule has 0 aliphatic rings. The molecule has 1 heterocycles. The van der Waals surface area contributed by atoms with E-state index in [1.807, 2.05) is 36.7 Å². The molecule has 1 atom stereocenters. The Bertz CT molecular complexity index is 711. The van der Waals surface area contributed by atoms with Crippen LogP contribution in [0.4, 0.5) is 0 Å². The van der Waals surface area contributed by atoms with Crippen molar-refractivity contribution in [2.24, 2.45) is 5.92 Å². The zero-order valence-corrected chi connectivity index (χ0v) is 18.1. The highest BCUT2D eigenvalue weighted by Gasteiger charge is 2.17. The lowest BCUT2D eigenvalue weighted by molar-refractivity contribution is -0.142. The van der Waals surface area contributed by atoms with Crippen LogP contribution in [-0.4, -0.2) is 21.0 Å². The van der Waals surface area contributed by atoms with Crippen molar-refractivity contribution in [3.63, 3.8) is 0 Å². The molecule has 1 N–H and O–H groups in total. The second kappa shape index (κ2) is 13.1. The van der Waals surface area contributed by atoms with Crippen LogP contribution < -0.4 is 0 Å². The molecule has 29 heavy (non-hydrogen) atoms. The third kappa shape index (κ3) is 8.35. The molecule has 1 aromatic heterocycles. The zero-order chi connectivity index (χ0) is 20.9. The molecule has 0 spiro atoms. The Morgan fingerprint density at radius 3 is 2.10 bits per heavy atom. The number of aryl methyl sites for hydroxylation is 1. The van der Waals surface area contributed by atoms with E-state index in [0.717, 1.165) is 49.1 Å². The van der Waals surface area contributed by atoms with Gasteiger partial charge in [-0.2, -0.15) is 0 Å². The van der Waals surface area contributed by atoms with Crippen LogP contribution in [0.3, 0.4) is 0 Å². The van der Waals surface area contributed by atoms with Gasteiger partial charge in [-0.3, -0.25) is 4.79 Å². The molecule has 2 rings (SSSR count). The van der Waals surface area contributed by atoms with Gasteiger partial charge < -0.3 is 5.11 Å². The lowest BCUT2D eigenvalue weighted by atomic mass is 9.93. The van der Waals surface area contributed by atoms with Crippen LogP contribution in [0, 0.1) is 5.92 Å². The van der Waals surface area contributed by atoms with Gasteiger partial charge in [0.1, 0.15) is 0 Å². The van der Waals surface area contributed by atoms with Crippen molar-refractivity contribution in [3.05, 3.63) is 47.8 Å². The first-order valence-electron chi connectivity index (χ1n) is 11.3. The van der Waals surface area contributed by atoms with Crippen LogP contribution in [0.2, 0.25) is 0 Å². The summed E-state index contributed by atoms with van der Waals surface area (Å²) in [6, 6.07) is 8.03. The number of carbonyl (C=O) groups is 1. The van der Waals surface area contributed by atoms with Crippen molar-refractivity contribution >= 4 is 5.97 Å². The molecular weight excluding hydrogens is 360 g/mol. The van der Waals surface area contributed by atoms with Crippen LogP contribution in [-0.2, 0) is 17.6 Å². The second-order valence-corrected chi connectivity index (χ2v) is 8.01. The molecule has 0 saturated carbocycles. The summed E-state index contributed by atoms with van der Waals surface area (Å²) < 4.78 is 0. The fourth-order valence-corrected chi connectivity index (χ4v) is 3.57. The maximum Gasteiger partial charge on any atom is 0.306 e. The summed E-state index contributed by atoms with van der Waals surface area (Å²) in [5.41, 5.74) is 3.21. The van der Waals surface area contributed by atoms with E-state index in [4.69, 9.17) is 0 Å². The lowest BCUT2D eigenvalue weighted by Gasteiger charge is -2.13. The van der Waals surface area contributed by atoms with E-state index >= 15 is 0 Å². The lowest BCUT2D eigenvalue weighted by Crippen LogP contribution is -2.16. The number of benzene rings is 1. The molecule has 0 amide bonds. The Hall–Kier alpha value is -2.23. The Morgan fingerprint density at radius 1 is 0.862 bits per heavy atom. The number of carboxylic acid groups (broad SMARTS) is 1. The highest BCUT2D eigenvalue weighted by atomic mass is 16.4. The van der Waals surface area contributed by atoms with E-state index in [0.29, 0.717) is 6.42 Å². The number of carboxylic acids is 1. The van der Waals surface area contributed by atoms with Crippen molar-refractivity contribution in [1.29, 1.82) is 0 Å². The van der Waals surface area contributed by atoms with Crippen LogP contribution in [0.25, 0.3) is 11.4 Å². The molecule has 0 saturated heterocycles. The summed E-state index contributed by atoms with van der Waals surface area (Å²) in [7, 11) is 0. The predicted octanol–water partition coefficient (Wildman–Crippen LogP) is 6.48. The fraction of sp³-hybridized carbons (Fsp3) is 0.560. The molecule has 0 bridgehead atoms. The number of aromatic nitrogens is 2. The molecule has 4 heteroatoms. The minimum atomic E-state index is -0.686. The monoisotopic (exact) mass is 396 g/mol. The maximum absolute atomic E-state index is 11.6. The Morgan fingerprint density at radius 2 is 1.48 bits per heavy atom. The fourth-order valence-electron chi connectivity index (χ4n) is 3.57. The van der Waals surface area contributed by atoms with E-state index in [9.17, 15) is 9.90 Å². The quantitative estimate of drug-likeness (QED) is 0.371. The van der Waals surface area contributed by atoms with Crippen molar-refractivity contribution in [2.45, 2.75) is 84.5 Å². The number of hydrogen-bond donors (Lipinski definition) is 1. The average molecular weight is 397 g/mol. The van der Waals surface area contributed by atoms with Gasteiger partial charge in [0, 0.05) is 18.0 Å². The van der Waals surface area contributed by atoms with Gasteiger partial charge >= 0.3 is 5.97 Å². The average Bonchev–Trinajstić information content (AvgIpc) is 2.74. The van der Waals surface area contributed by atoms with Crippen LogP contribution in [0.1, 0.15) is 82.8 Å². The first kappa shape index (κ1) is 23.1. The smallest absolute Gasteiger partial charge is 0.306 e. The van der Waals surface area contributed by atoms with Crippen LogP contribution in [0.5, 0.6) is 0 Å². The molecular formula is C25H36N2O2. The topological polar surface area (TPSA) is 63.1 Å². The summed E-state index contributed by atoms with van der Waals surface area (Å²) in [6.07, 6.45) is 15.6. The minimum Gasteiger partial charge on any atom is -0.481 e. The van der Waals surface area contributed by atoms with Crippen molar-refractivity contribution in [2.75, 3.05) is 0 Å². The molecule has 2 aromatic rings. The van der Waals surface area contributed by atoms with Crippen LogP contribution >= 0.6 is 0 Å². The predicted molar refractivity (Wildman–Crippen MR) is 119 cm³/mol. The number of hydrogen-bond acceptors (Lipinski definition) is 3. The van der Waals surface area contributed by atoms with Gasteiger partial charge in [-0.1, -0.05) is 83.1 Å². The molecule has 1 aromatic carbocycles. The highest BCUT2D eigenvalue weighted by molar-refractivity contribution is 5.70. The molecule has 4 nitrogen and oxygen atoms in total. The molecule has 0 aliphatic heterocycles. The highest BCUT2D eigenvalue weighted by Crippen LogP contribution is 2.21. The van der Waals surface area contributed by atoms with E-state index in [1.54, 1.807) is 0 Å². The van der Waals surface area contributed by atoms with Gasteiger partial charge in [0.25, 0.3) is 0 Å². The van der Waals surface area contributed by atoms with Gasteiger partial charge in [0.05, 0.1) is 5.92 Å². The van der Waals surface area contributed by atoms with Crippen molar-refractivity contribution in [1.82, 2.24) is 9.97 Å². The number of rotatable bonds is 14. The summed E-state index contributed by atoms with van der Waals surface area (Å²) in [5, 5.41) is 9.58. The minimum absolute atomic E-state index is 0.305. The maximum atomic E-state index is 11.6. The second-order valence-electron chi connectivity index (χ2n) is 8.01. The Kier molecular flexibility index (Phi) is 10.4. The summed E-state index contributed by atoms with van der Waals surface area (Å²) >= 11 is 0. The number of nitrogens with zero attached hydrogens (tertiary/aromatic N) is 2. The molecule has 0 fully saturated rings. The van der Waals surface area contributed by atoms with E-state index in [1.165, 1.54) is 37.7 Å². The van der Waals surface area contributed by atoms with Crippen LogP contribution in [0.15, 0.2) is 36.7 Å². The van der Waals surface area contributed by atoms with Crippen molar-refractivity contribution < 1.29 is 9.90 Å². The van der Waals surface area contributed by atoms with Gasteiger partial charge in [-0.05, 0) is 36.8 Å². The summed E-state index contributed by atoms with van der Waals surface area (Å²) in [6.45, 7) is 4.39. The summed E-state index contributed by atoms with van der Waals surface area (Å²) in [4.78, 5) is 20.6. The third-order valence-corrected chi connectivity index (χ3v) is 5.47. The van der Waals surface area contributed by atoms with Gasteiger partial charge in [-0.25, -0.2) is 9.97 Å². The zero-order valence-electron chi connectivity index (χ0n) is 18.1. The third-order valence-electron chi connectivity index (χ3n) is 5.47. The molecule has 0 aliphatic carbocycles. The van der Waals surface area contributed by atoms with Gasteiger partial charge in [0.15, 0.2) is 5.82 Å². The number of unbranched alkanes of at least 4 members (excludes halogenated alkanes) is 6. The van der Waals surface area contributed by atoms with Crippen molar-refractivity contribution in [3.8, 4) is 11.4 Å². The molecule has 1 unspecified atom stereocenters. The van der Waals surface area contributed by atoms with E-state index < -0.39 is 5.97 Å². The first-order chi connectivity index (χ1) is 14.1. The summed E-state index contributed by atoms with van der Waals surface area (Å²) in [5.74, 6) is -0.270. The van der Waals surface area contributed by atoms with E-state index in [-0.39, 0.29) is 5.92 Å². The standard InChI is InChI=1S/C25H36N2O2/c1-3-5-7-8-9-10-12-23(25(28)29)17-20-13-15-22(16-14-20)24-26-18-21(19-27-24)11-6-4-2/h13-16,18-19,23H,3-12,17H2,1-2H3,(H,28,29). The normalized spacial score (nSPS) is 12.1. The number of aliphatic carboxylic acids is 1. The van der Waals surface area contributed by atoms with Gasteiger partial charge in [-0.15, -0.1) is 0 Å². The Balaban J connectivity index is 1.88. The van der Waals surface area contributed by atoms with E-state index in [2.05, 4.69) is 23.8 Å². The SMILES string of the molecule is CCCCCCCCC(Cc1ccc(-c2ncc(CCCC)cn2)cc1)C(=O)O. The molecule has 0 radical (unpaired) electrons. The Labute approximate surface area is 175 Å².